The van der Waals surface area contributed by atoms with Crippen LogP contribution in [0.1, 0.15) is 36.1 Å². The first-order valence-corrected chi connectivity index (χ1v) is 7.99. The zero-order valence-electron chi connectivity index (χ0n) is 11.8. The lowest BCUT2D eigenvalue weighted by Crippen LogP contribution is -2.21. The summed E-state index contributed by atoms with van der Waals surface area (Å²) in [6, 6.07) is 12.7. The Labute approximate surface area is 123 Å². The first-order valence-electron chi connectivity index (χ1n) is 7.11. The van der Waals surface area contributed by atoms with Crippen LogP contribution >= 0.6 is 11.3 Å². The Balaban J connectivity index is 2.05. The maximum absolute atomic E-state index is 6.05. The van der Waals surface area contributed by atoms with E-state index in [9.17, 15) is 0 Å². The lowest BCUT2D eigenvalue weighted by molar-refractivity contribution is 0.479. The van der Waals surface area contributed by atoms with Gasteiger partial charge >= 0.3 is 0 Å². The van der Waals surface area contributed by atoms with Crippen molar-refractivity contribution in [1.29, 1.82) is 0 Å². The van der Waals surface area contributed by atoms with E-state index in [2.05, 4.69) is 42.7 Å². The summed E-state index contributed by atoms with van der Waals surface area (Å²) >= 11 is 1.80. The predicted octanol–water partition coefficient (Wildman–Crippen LogP) is 4.76. The van der Waals surface area contributed by atoms with Gasteiger partial charge in [0.2, 0.25) is 0 Å². The van der Waals surface area contributed by atoms with Crippen molar-refractivity contribution >= 4 is 22.3 Å². The number of rotatable bonds is 5. The van der Waals surface area contributed by atoms with Crippen molar-refractivity contribution < 1.29 is 4.42 Å². The third-order valence-electron chi connectivity index (χ3n) is 3.56. The van der Waals surface area contributed by atoms with Crippen LogP contribution in [-0.4, -0.2) is 6.54 Å². The summed E-state index contributed by atoms with van der Waals surface area (Å²) in [5, 5.41) is 6.89. The van der Waals surface area contributed by atoms with Gasteiger partial charge < -0.3 is 9.73 Å². The monoisotopic (exact) mass is 285 g/mol. The number of hydrogen-bond acceptors (Lipinski definition) is 3. The second-order valence-corrected chi connectivity index (χ2v) is 5.79. The second kappa shape index (κ2) is 5.81. The Morgan fingerprint density at radius 2 is 2.05 bits per heavy atom. The van der Waals surface area contributed by atoms with Crippen molar-refractivity contribution in [2.75, 3.05) is 6.54 Å². The van der Waals surface area contributed by atoms with Gasteiger partial charge in [0.15, 0.2) is 0 Å². The average molecular weight is 285 g/mol. The molecule has 3 aromatic rings. The molecule has 3 rings (SSSR count). The molecule has 0 bridgehead atoms. The molecule has 0 fully saturated rings. The fourth-order valence-corrected chi connectivity index (χ4v) is 3.64. The molecule has 0 saturated heterocycles. The molecule has 104 valence electrons. The Morgan fingerprint density at radius 3 is 2.80 bits per heavy atom. The molecule has 1 aromatic carbocycles. The fraction of sp³-hybridized carbons (Fsp3) is 0.294. The molecule has 0 amide bonds. The first kappa shape index (κ1) is 13.4. The van der Waals surface area contributed by atoms with Gasteiger partial charge in [-0.1, -0.05) is 32.0 Å². The molecule has 0 radical (unpaired) electrons. The van der Waals surface area contributed by atoms with Gasteiger partial charge in [0.05, 0.1) is 0 Å². The molecule has 0 aliphatic carbocycles. The van der Waals surface area contributed by atoms with Crippen molar-refractivity contribution in [2.45, 2.75) is 26.3 Å². The average Bonchev–Trinajstić information content (AvgIpc) is 3.10. The number of fused-ring (bicyclic) bond motifs is 1. The summed E-state index contributed by atoms with van der Waals surface area (Å²) in [4.78, 5) is 1.37. The number of benzene rings is 1. The van der Waals surface area contributed by atoms with Gasteiger partial charge in [-0.25, -0.2) is 0 Å². The van der Waals surface area contributed by atoms with Crippen LogP contribution in [0.2, 0.25) is 0 Å². The highest BCUT2D eigenvalue weighted by Crippen LogP contribution is 2.33. The van der Waals surface area contributed by atoms with Crippen LogP contribution in [0.25, 0.3) is 11.0 Å². The van der Waals surface area contributed by atoms with Crippen LogP contribution in [0.5, 0.6) is 0 Å². The number of para-hydroxylation sites is 1. The molecule has 0 saturated carbocycles. The summed E-state index contributed by atoms with van der Waals surface area (Å²) in [7, 11) is 0. The normalized spacial score (nSPS) is 12.9. The first-order chi connectivity index (χ1) is 9.83. The minimum atomic E-state index is 0.155. The lowest BCUT2D eigenvalue weighted by Gasteiger charge is -2.15. The van der Waals surface area contributed by atoms with Crippen LogP contribution in [-0.2, 0) is 6.42 Å². The Morgan fingerprint density at radius 1 is 1.20 bits per heavy atom. The molecular weight excluding hydrogens is 266 g/mol. The minimum absolute atomic E-state index is 0.155. The number of thiophene rings is 1. The van der Waals surface area contributed by atoms with E-state index >= 15 is 0 Å². The number of furan rings is 1. The van der Waals surface area contributed by atoms with Gasteiger partial charge in [-0.3, -0.25) is 0 Å². The van der Waals surface area contributed by atoms with Gasteiger partial charge in [0.1, 0.15) is 17.4 Å². The summed E-state index contributed by atoms with van der Waals surface area (Å²) in [6.45, 7) is 5.25. The van der Waals surface area contributed by atoms with Crippen molar-refractivity contribution in [1.82, 2.24) is 5.32 Å². The molecular formula is C17H19NOS. The summed E-state index contributed by atoms with van der Waals surface area (Å²) in [6.07, 6.45) is 1.06. The van der Waals surface area contributed by atoms with Crippen LogP contribution < -0.4 is 5.32 Å². The van der Waals surface area contributed by atoms with Crippen LogP contribution in [0.15, 0.2) is 46.2 Å². The number of nitrogens with one attached hydrogen (secondary N) is 1. The van der Waals surface area contributed by atoms with E-state index in [0.717, 1.165) is 24.3 Å². The maximum Gasteiger partial charge on any atom is 0.134 e. The summed E-state index contributed by atoms with van der Waals surface area (Å²) in [5.41, 5.74) is 2.36. The molecule has 1 N–H and O–H groups in total. The molecule has 2 heterocycles. The van der Waals surface area contributed by atoms with Gasteiger partial charge in [-0.15, -0.1) is 11.3 Å². The Bertz CT molecular complexity index is 665. The largest absolute Gasteiger partial charge is 0.459 e. The smallest absolute Gasteiger partial charge is 0.134 e. The van der Waals surface area contributed by atoms with Crippen LogP contribution in [0.4, 0.5) is 0 Å². The van der Waals surface area contributed by atoms with Gasteiger partial charge in [-0.05, 0) is 42.1 Å². The van der Waals surface area contributed by atoms with Crippen molar-refractivity contribution in [2.24, 2.45) is 0 Å². The molecule has 2 aromatic heterocycles. The van der Waals surface area contributed by atoms with E-state index in [1.54, 1.807) is 11.3 Å². The fourth-order valence-electron chi connectivity index (χ4n) is 2.56. The molecule has 0 aliphatic heterocycles. The maximum atomic E-state index is 6.05. The molecule has 1 atom stereocenters. The third kappa shape index (κ3) is 2.39. The van der Waals surface area contributed by atoms with E-state index in [4.69, 9.17) is 4.42 Å². The lowest BCUT2D eigenvalue weighted by atomic mass is 10.1. The van der Waals surface area contributed by atoms with E-state index in [0.29, 0.717) is 0 Å². The SMILES string of the molecule is CCNC(c1cc2ccccc2o1)c1sccc1CC. The highest BCUT2D eigenvalue weighted by atomic mass is 32.1. The topological polar surface area (TPSA) is 25.2 Å². The molecule has 20 heavy (non-hydrogen) atoms. The molecule has 0 spiro atoms. The molecule has 2 nitrogen and oxygen atoms in total. The van der Waals surface area contributed by atoms with Crippen molar-refractivity contribution in [3.05, 3.63) is 58.0 Å². The van der Waals surface area contributed by atoms with Crippen LogP contribution in [0, 0.1) is 0 Å². The molecule has 1 unspecified atom stereocenters. The predicted molar refractivity (Wildman–Crippen MR) is 85.4 cm³/mol. The second-order valence-electron chi connectivity index (χ2n) is 4.84. The third-order valence-corrected chi connectivity index (χ3v) is 4.59. The Kier molecular flexibility index (Phi) is 3.90. The highest BCUT2D eigenvalue weighted by Gasteiger charge is 2.21. The zero-order valence-corrected chi connectivity index (χ0v) is 12.7. The Hall–Kier alpha value is -1.58. The molecule has 0 aliphatic rings. The van der Waals surface area contributed by atoms with Crippen molar-refractivity contribution in [3.63, 3.8) is 0 Å². The van der Waals surface area contributed by atoms with E-state index in [1.807, 2.05) is 18.2 Å². The molecule has 3 heteroatoms. The number of aryl methyl sites for hydroxylation is 1. The zero-order chi connectivity index (χ0) is 13.9. The van der Waals surface area contributed by atoms with Gasteiger partial charge in [-0.2, -0.15) is 0 Å². The standard InChI is InChI=1S/C17H19NOS/c1-3-12-9-10-20-17(12)16(18-4-2)15-11-13-7-5-6-8-14(13)19-15/h5-11,16,18H,3-4H2,1-2H3. The number of hydrogen-bond donors (Lipinski definition) is 1. The highest BCUT2D eigenvalue weighted by molar-refractivity contribution is 7.10. The summed E-state index contributed by atoms with van der Waals surface area (Å²) in [5.74, 6) is 1.00. The van der Waals surface area contributed by atoms with Gasteiger partial charge in [0.25, 0.3) is 0 Å². The van der Waals surface area contributed by atoms with E-state index in [-0.39, 0.29) is 6.04 Å². The quantitative estimate of drug-likeness (QED) is 0.731. The van der Waals surface area contributed by atoms with Gasteiger partial charge in [0, 0.05) is 10.3 Å². The van der Waals surface area contributed by atoms with Crippen LogP contribution in [0.3, 0.4) is 0 Å². The van der Waals surface area contributed by atoms with Crippen molar-refractivity contribution in [3.8, 4) is 0 Å². The minimum Gasteiger partial charge on any atom is -0.459 e. The van der Waals surface area contributed by atoms with E-state index < -0.39 is 0 Å². The van der Waals surface area contributed by atoms with E-state index in [1.165, 1.54) is 15.8 Å². The summed E-state index contributed by atoms with van der Waals surface area (Å²) < 4.78 is 6.05.